The van der Waals surface area contributed by atoms with Crippen LogP contribution in [0.15, 0.2) is 479 Å². The molecule has 0 atom stereocenters. The highest BCUT2D eigenvalue weighted by molar-refractivity contribution is 6.28. The van der Waals surface area contributed by atoms with Crippen LogP contribution in [-0.4, -0.2) is 43.2 Å². The molecule has 0 amide bonds. The van der Waals surface area contributed by atoms with Crippen LogP contribution < -0.4 is 0 Å². The van der Waals surface area contributed by atoms with Crippen molar-refractivity contribution < 1.29 is 0 Å². The van der Waals surface area contributed by atoms with E-state index in [1.807, 2.05) is 72.8 Å². The van der Waals surface area contributed by atoms with Crippen LogP contribution in [0, 0.1) is 0 Å². The molecule has 0 bridgehead atoms. The zero-order valence-corrected chi connectivity index (χ0v) is 73.6. The van der Waals surface area contributed by atoms with Crippen LogP contribution >= 0.6 is 0 Å². The summed E-state index contributed by atoms with van der Waals surface area (Å²) in [6.45, 7) is 0. The Morgan fingerprint density at radius 3 is 0.632 bits per heavy atom. The van der Waals surface area contributed by atoms with E-state index in [-0.39, 0.29) is 0 Å². The minimum Gasteiger partial charge on any atom is -0.309 e. The maximum atomic E-state index is 5.16. The second-order valence-electron chi connectivity index (χ2n) is 35.3. The topological polar surface area (TPSA) is 84.2 Å². The van der Waals surface area contributed by atoms with Crippen molar-refractivity contribution in [1.29, 1.82) is 0 Å². The van der Waals surface area contributed by atoms with Crippen molar-refractivity contribution in [2.75, 3.05) is 0 Å². The van der Waals surface area contributed by atoms with Crippen LogP contribution in [0.5, 0.6) is 0 Å². The van der Waals surface area contributed by atoms with Crippen molar-refractivity contribution in [2.45, 2.75) is 0 Å². The smallest absolute Gasteiger partial charge is 0.164 e. The van der Waals surface area contributed by atoms with E-state index in [1.54, 1.807) is 0 Å². The molecule has 22 aromatic carbocycles. The number of nitrogens with zero attached hydrogens (tertiary/aromatic N) is 9. The highest BCUT2D eigenvalue weighted by atomic mass is 15.0. The van der Waals surface area contributed by atoms with E-state index >= 15 is 0 Å². The molecule has 0 fully saturated rings. The van der Waals surface area contributed by atoms with E-state index in [2.05, 4.69) is 425 Å². The molecule has 9 heteroatoms. The molecular weight excluding hydrogens is 1650 g/mol. The number of fused-ring (bicyclic) bond motifs is 24. The highest BCUT2D eigenvalue weighted by Gasteiger charge is 2.24. The molecule has 0 N–H and O–H groups in total. The molecule has 0 spiro atoms. The van der Waals surface area contributed by atoms with E-state index in [0.29, 0.717) is 23.3 Å². The van der Waals surface area contributed by atoms with Crippen LogP contribution in [0.3, 0.4) is 0 Å². The fourth-order valence-corrected chi connectivity index (χ4v) is 21.4. The summed E-state index contributed by atoms with van der Waals surface area (Å²) in [6, 6.07) is 172. The molecule has 0 aliphatic rings. The van der Waals surface area contributed by atoms with E-state index in [9.17, 15) is 0 Å². The van der Waals surface area contributed by atoms with Gasteiger partial charge in [-0.1, -0.05) is 352 Å². The minimum absolute atomic E-state index is 0.627. The molecule has 0 aliphatic heterocycles. The third kappa shape index (κ3) is 12.9. The molecule has 136 heavy (non-hydrogen) atoms. The van der Waals surface area contributed by atoms with Crippen LogP contribution in [0.2, 0.25) is 0 Å². The zero-order valence-electron chi connectivity index (χ0n) is 73.6. The number of rotatable bonds is 12. The molecule has 6 heterocycles. The third-order valence-corrected chi connectivity index (χ3v) is 27.6. The molecule has 6 aromatic heterocycles. The summed E-state index contributed by atoms with van der Waals surface area (Å²) in [5, 5.41) is 25.1. The fourth-order valence-electron chi connectivity index (χ4n) is 21.4. The SMILES string of the molecule is c1ccc(-c2cc(-c3ccccc3)nc(-c3cccc(-n4c5ccccc5c5cc(-c6ccc7c(c6)c6ccccc6n7-c6ccc7c8ccccc8c8ccccc8c7c6)ccc54)c3)n2)cc1.c1ccc(-c2nc(-c3ccccc3)nc(-c3cccc(-n4c5ccccc5c5cc(-c6ccc7c(c6)c6ccccc6n7-c6ccc7c8ccccc8c8ccccc8c7c6)ccc54)c3)n2)cc1. The lowest BCUT2D eigenvalue weighted by Gasteiger charge is -2.14. The lowest BCUT2D eigenvalue weighted by Crippen LogP contribution is -2.01. The van der Waals surface area contributed by atoms with E-state index in [1.165, 1.54) is 152 Å². The van der Waals surface area contributed by atoms with Crippen molar-refractivity contribution in [1.82, 2.24) is 43.2 Å². The molecule has 28 aromatic rings. The standard InChI is InChI=1S/C64H40N4.C63H39N5/c1-3-16-41(17-4-1)58-40-59(42-18-5-2-6-19-42)66-64(65-58)45-20-15-21-46(36-45)67-60-28-13-11-26-53(60)56-37-43(30-34-62(56)67)44-31-35-63-57(38-44)54-27-12-14-29-61(54)68(63)47-32-33-52-50-24-8-7-22-48(50)49-23-9-10-25-51(49)55(52)39-47;1-3-16-40(17-4-1)61-64-62(41-18-5-2-6-19-41)66-63(65-61)44-20-15-21-45(36-44)67-57-28-13-11-26-52(57)55-37-42(30-34-59(55)67)43-31-35-60-56(38-43)53-27-12-14-29-58(53)68(60)46-32-33-51-49-24-8-7-22-47(49)48-23-9-10-25-50(48)54(51)39-46/h1-40H;1-39H. The van der Waals surface area contributed by atoms with Gasteiger partial charge in [-0.3, -0.25) is 0 Å². The molecule has 632 valence electrons. The van der Waals surface area contributed by atoms with Crippen molar-refractivity contribution in [3.05, 3.63) is 479 Å². The quantitative estimate of drug-likeness (QED) is 0.114. The predicted octanol–water partition coefficient (Wildman–Crippen LogP) is 33.0. The van der Waals surface area contributed by atoms with E-state index in [0.717, 1.165) is 89.6 Å². The molecule has 28 rings (SSSR count). The Bertz CT molecular complexity index is 9010. The zero-order chi connectivity index (χ0) is 89.4. The van der Waals surface area contributed by atoms with Gasteiger partial charge >= 0.3 is 0 Å². The van der Waals surface area contributed by atoms with Gasteiger partial charge in [0.15, 0.2) is 23.3 Å². The monoisotopic (exact) mass is 1730 g/mol. The summed E-state index contributed by atoms with van der Waals surface area (Å²) in [5.41, 5.74) is 26.1. The molecule has 9 nitrogen and oxygen atoms in total. The van der Waals surface area contributed by atoms with Gasteiger partial charge in [0.05, 0.1) is 55.5 Å². The van der Waals surface area contributed by atoms with Crippen molar-refractivity contribution in [3.63, 3.8) is 0 Å². The number of aromatic nitrogens is 9. The molecule has 0 saturated carbocycles. The number of hydrogen-bond donors (Lipinski definition) is 0. The first-order valence-corrected chi connectivity index (χ1v) is 46.3. The van der Waals surface area contributed by atoms with Gasteiger partial charge in [-0.25, -0.2) is 24.9 Å². The molecule has 0 unspecified atom stereocenters. The van der Waals surface area contributed by atoms with Gasteiger partial charge in [-0.05, 0) is 214 Å². The van der Waals surface area contributed by atoms with Gasteiger partial charge in [-0.2, -0.15) is 0 Å². The number of benzene rings is 22. The Morgan fingerprint density at radius 2 is 0.331 bits per heavy atom. The van der Waals surface area contributed by atoms with Crippen molar-refractivity contribution >= 4 is 152 Å². The predicted molar refractivity (Wildman–Crippen MR) is 568 cm³/mol. The Hall–Kier alpha value is -18.3. The Morgan fingerprint density at radius 1 is 0.110 bits per heavy atom. The Balaban J connectivity index is 0.000000138. The van der Waals surface area contributed by atoms with Gasteiger partial charge in [-0.15, -0.1) is 0 Å². The second kappa shape index (κ2) is 31.8. The summed E-state index contributed by atoms with van der Waals surface area (Å²) in [5.74, 6) is 2.60. The maximum Gasteiger partial charge on any atom is 0.164 e. The highest BCUT2D eigenvalue weighted by Crippen LogP contribution is 2.46. The van der Waals surface area contributed by atoms with Gasteiger partial charge in [0.2, 0.25) is 0 Å². The maximum absolute atomic E-state index is 5.16. The largest absolute Gasteiger partial charge is 0.309 e. The lowest BCUT2D eigenvalue weighted by molar-refractivity contribution is 1.07. The fraction of sp³-hybridized carbons (Fsp3) is 0. The van der Waals surface area contributed by atoms with Gasteiger partial charge < -0.3 is 18.3 Å². The van der Waals surface area contributed by atoms with Crippen molar-refractivity contribution in [3.8, 4) is 113 Å². The molecular formula is C127H79N9. The Labute approximate surface area is 781 Å². The van der Waals surface area contributed by atoms with Crippen LogP contribution in [-0.2, 0) is 0 Å². The average Bonchev–Trinajstić information content (AvgIpc) is 1.59. The van der Waals surface area contributed by atoms with Crippen LogP contribution in [0.1, 0.15) is 0 Å². The summed E-state index contributed by atoms with van der Waals surface area (Å²) < 4.78 is 9.62. The molecule has 0 saturated heterocycles. The molecule has 0 radical (unpaired) electrons. The minimum atomic E-state index is 0.627. The van der Waals surface area contributed by atoms with Gasteiger partial charge in [0.1, 0.15) is 0 Å². The summed E-state index contributed by atoms with van der Waals surface area (Å²) in [6.07, 6.45) is 0. The normalized spacial score (nSPS) is 11.8. The van der Waals surface area contributed by atoms with Gasteiger partial charge in [0, 0.05) is 99.2 Å². The lowest BCUT2D eigenvalue weighted by atomic mass is 9.94. The second-order valence-corrected chi connectivity index (χ2v) is 35.3. The first kappa shape index (κ1) is 77.6. The summed E-state index contributed by atoms with van der Waals surface area (Å²) >= 11 is 0. The van der Waals surface area contributed by atoms with Crippen molar-refractivity contribution in [2.24, 2.45) is 0 Å². The van der Waals surface area contributed by atoms with Crippen LogP contribution in [0.25, 0.3) is 265 Å². The Kier molecular flexibility index (Phi) is 18.1. The average molecular weight is 1730 g/mol. The summed E-state index contributed by atoms with van der Waals surface area (Å²) in [4.78, 5) is 25.4. The van der Waals surface area contributed by atoms with Crippen LogP contribution in [0.4, 0.5) is 0 Å². The third-order valence-electron chi connectivity index (χ3n) is 27.6. The van der Waals surface area contributed by atoms with E-state index < -0.39 is 0 Å². The first-order valence-electron chi connectivity index (χ1n) is 46.3. The summed E-state index contributed by atoms with van der Waals surface area (Å²) in [7, 11) is 0. The number of hydrogen-bond acceptors (Lipinski definition) is 5. The van der Waals surface area contributed by atoms with E-state index in [4.69, 9.17) is 24.9 Å². The first-order chi connectivity index (χ1) is 67.4. The number of para-hydroxylation sites is 4. The molecule has 0 aliphatic carbocycles. The van der Waals surface area contributed by atoms with Gasteiger partial charge in [0.25, 0.3) is 0 Å².